The smallest absolute Gasteiger partial charge is 0.270 e. The maximum atomic E-state index is 12.7. The largest absolute Gasteiger partial charge is 0.345 e. The molecular formula is C10H13F2N. The molecule has 1 unspecified atom stereocenters. The number of halogens is 2. The summed E-state index contributed by atoms with van der Waals surface area (Å²) in [5.41, 5.74) is 1.13. The van der Waals surface area contributed by atoms with Gasteiger partial charge in [-0.3, -0.25) is 0 Å². The topological polar surface area (TPSA) is 4.93 Å². The molecule has 0 radical (unpaired) electrons. The molecule has 1 aromatic heterocycles. The van der Waals surface area contributed by atoms with Crippen molar-refractivity contribution < 1.29 is 8.78 Å². The fourth-order valence-electron chi connectivity index (χ4n) is 1.49. The summed E-state index contributed by atoms with van der Waals surface area (Å²) in [6.07, 6.45) is 3.58. The molecule has 1 saturated carbocycles. The van der Waals surface area contributed by atoms with Crippen LogP contribution in [0.4, 0.5) is 8.78 Å². The van der Waals surface area contributed by atoms with E-state index in [4.69, 9.17) is 0 Å². The lowest BCUT2D eigenvalue weighted by molar-refractivity contribution is 0.101. The van der Waals surface area contributed by atoms with E-state index in [0.717, 1.165) is 5.56 Å². The van der Waals surface area contributed by atoms with E-state index in [1.165, 1.54) is 0 Å². The maximum absolute atomic E-state index is 12.7. The molecule has 2 rings (SSSR count). The first kappa shape index (κ1) is 8.73. The minimum atomic E-state index is -2.47. The van der Waals surface area contributed by atoms with Gasteiger partial charge in [-0.05, 0) is 17.5 Å². The lowest BCUT2D eigenvalue weighted by Crippen LogP contribution is -1.99. The van der Waals surface area contributed by atoms with E-state index in [-0.39, 0.29) is 6.42 Å². The Balaban J connectivity index is 2.16. The first-order valence-electron chi connectivity index (χ1n) is 4.56. The van der Waals surface area contributed by atoms with Crippen molar-refractivity contribution in [3.8, 4) is 0 Å². The van der Waals surface area contributed by atoms with Crippen LogP contribution in [0.15, 0.2) is 18.5 Å². The first-order chi connectivity index (χ1) is 6.00. The molecule has 1 aromatic rings. The highest BCUT2D eigenvalue weighted by Gasteiger charge is 2.58. The van der Waals surface area contributed by atoms with Gasteiger partial charge in [-0.15, -0.1) is 0 Å². The number of rotatable bonds is 2. The third-order valence-electron chi connectivity index (χ3n) is 2.56. The number of hydrogen-bond acceptors (Lipinski definition) is 0. The highest BCUT2D eigenvalue weighted by Crippen LogP contribution is 2.52. The summed E-state index contributed by atoms with van der Waals surface area (Å²) < 4.78 is 27.0. The van der Waals surface area contributed by atoms with Gasteiger partial charge in [0.2, 0.25) is 0 Å². The molecule has 1 heterocycles. The van der Waals surface area contributed by atoms with Crippen LogP contribution < -0.4 is 0 Å². The molecule has 0 aliphatic heterocycles. The predicted octanol–water partition coefficient (Wildman–Crippen LogP) is 3.19. The molecule has 0 aromatic carbocycles. The van der Waals surface area contributed by atoms with Gasteiger partial charge in [0.1, 0.15) is 6.04 Å². The van der Waals surface area contributed by atoms with Crippen molar-refractivity contribution in [2.24, 2.45) is 0 Å². The second kappa shape index (κ2) is 2.56. The van der Waals surface area contributed by atoms with Crippen LogP contribution in [0.2, 0.25) is 0 Å². The van der Waals surface area contributed by atoms with Crippen molar-refractivity contribution in [2.45, 2.75) is 38.2 Å². The Bertz CT molecular complexity index is 314. The Hall–Kier alpha value is -0.860. The normalized spacial score (nSPS) is 25.2. The number of nitrogens with zero attached hydrogens (tertiary/aromatic N) is 1. The highest BCUT2D eigenvalue weighted by molar-refractivity contribution is 5.17. The zero-order valence-corrected chi connectivity index (χ0v) is 7.80. The second-order valence-electron chi connectivity index (χ2n) is 4.03. The summed E-state index contributed by atoms with van der Waals surface area (Å²) in [7, 11) is 0. The molecule has 1 atom stereocenters. The van der Waals surface area contributed by atoms with Crippen molar-refractivity contribution in [1.29, 1.82) is 0 Å². The van der Waals surface area contributed by atoms with Crippen LogP contribution >= 0.6 is 0 Å². The Morgan fingerprint density at radius 1 is 1.54 bits per heavy atom. The Kier molecular flexibility index (Phi) is 1.72. The van der Waals surface area contributed by atoms with Crippen LogP contribution in [0.3, 0.4) is 0 Å². The number of hydrogen-bond donors (Lipinski definition) is 0. The van der Waals surface area contributed by atoms with E-state index in [1.54, 1.807) is 10.8 Å². The van der Waals surface area contributed by atoms with Gasteiger partial charge < -0.3 is 4.57 Å². The predicted molar refractivity (Wildman–Crippen MR) is 47.1 cm³/mol. The highest BCUT2D eigenvalue weighted by atomic mass is 19.3. The van der Waals surface area contributed by atoms with E-state index >= 15 is 0 Å². The first-order valence-corrected chi connectivity index (χ1v) is 4.56. The summed E-state index contributed by atoms with van der Waals surface area (Å²) in [5.74, 6) is -2.05. The van der Waals surface area contributed by atoms with E-state index in [2.05, 4.69) is 13.8 Å². The van der Waals surface area contributed by atoms with Crippen LogP contribution in [0.25, 0.3) is 0 Å². The molecule has 13 heavy (non-hydrogen) atoms. The van der Waals surface area contributed by atoms with Crippen molar-refractivity contribution in [3.05, 3.63) is 24.0 Å². The van der Waals surface area contributed by atoms with Gasteiger partial charge in [0.25, 0.3) is 5.92 Å². The fourth-order valence-corrected chi connectivity index (χ4v) is 1.49. The minimum absolute atomic E-state index is 0.000779. The summed E-state index contributed by atoms with van der Waals surface area (Å²) in [6, 6.07) is 1.33. The number of alkyl halides is 2. The average Bonchev–Trinajstić information content (AvgIpc) is 2.50. The quantitative estimate of drug-likeness (QED) is 0.666. The Labute approximate surface area is 76.4 Å². The second-order valence-corrected chi connectivity index (χ2v) is 4.03. The van der Waals surface area contributed by atoms with Crippen molar-refractivity contribution in [3.63, 3.8) is 0 Å². The van der Waals surface area contributed by atoms with E-state index in [1.807, 2.05) is 12.3 Å². The van der Waals surface area contributed by atoms with Crippen LogP contribution in [0, 0.1) is 0 Å². The Morgan fingerprint density at radius 2 is 2.15 bits per heavy atom. The molecular weight excluding hydrogens is 172 g/mol. The third-order valence-corrected chi connectivity index (χ3v) is 2.56. The lowest BCUT2D eigenvalue weighted by atomic mass is 10.1. The fraction of sp³-hybridized carbons (Fsp3) is 0.600. The molecule has 0 N–H and O–H groups in total. The van der Waals surface area contributed by atoms with Gasteiger partial charge in [-0.1, -0.05) is 13.8 Å². The van der Waals surface area contributed by atoms with Gasteiger partial charge in [0.15, 0.2) is 0 Å². The van der Waals surface area contributed by atoms with Gasteiger partial charge in [0, 0.05) is 18.8 Å². The third kappa shape index (κ3) is 1.47. The van der Waals surface area contributed by atoms with Crippen molar-refractivity contribution in [1.82, 2.24) is 4.57 Å². The SMILES string of the molecule is CC(C)c1ccn(C2CC2(F)F)c1. The molecule has 0 saturated heterocycles. The Morgan fingerprint density at radius 3 is 2.54 bits per heavy atom. The molecule has 72 valence electrons. The summed E-state index contributed by atoms with van der Waals surface area (Å²) in [5, 5.41) is 0. The minimum Gasteiger partial charge on any atom is -0.345 e. The van der Waals surface area contributed by atoms with Gasteiger partial charge in [-0.25, -0.2) is 8.78 Å². The maximum Gasteiger partial charge on any atom is 0.270 e. The van der Waals surface area contributed by atoms with Crippen molar-refractivity contribution in [2.75, 3.05) is 0 Å². The van der Waals surface area contributed by atoms with E-state index in [9.17, 15) is 8.78 Å². The number of aromatic nitrogens is 1. The standard InChI is InChI=1S/C10H13F2N/c1-7(2)8-3-4-13(6-8)9-5-10(9,11)12/h3-4,6-7,9H,5H2,1-2H3. The van der Waals surface area contributed by atoms with Crippen LogP contribution in [-0.4, -0.2) is 10.5 Å². The van der Waals surface area contributed by atoms with E-state index < -0.39 is 12.0 Å². The molecule has 1 nitrogen and oxygen atoms in total. The summed E-state index contributed by atoms with van der Waals surface area (Å²) in [6.45, 7) is 4.12. The zero-order chi connectivity index (χ0) is 9.64. The van der Waals surface area contributed by atoms with Crippen molar-refractivity contribution >= 4 is 0 Å². The van der Waals surface area contributed by atoms with Crippen LogP contribution in [0.5, 0.6) is 0 Å². The lowest BCUT2D eigenvalue weighted by Gasteiger charge is -2.01. The molecule has 0 spiro atoms. The van der Waals surface area contributed by atoms with Crippen LogP contribution in [-0.2, 0) is 0 Å². The molecule has 0 amide bonds. The molecule has 0 bridgehead atoms. The van der Waals surface area contributed by atoms with E-state index in [0.29, 0.717) is 5.92 Å². The summed E-state index contributed by atoms with van der Waals surface area (Å²) >= 11 is 0. The zero-order valence-electron chi connectivity index (χ0n) is 7.80. The molecule has 1 fully saturated rings. The molecule has 1 aliphatic rings. The van der Waals surface area contributed by atoms with Gasteiger partial charge in [-0.2, -0.15) is 0 Å². The molecule has 1 aliphatic carbocycles. The van der Waals surface area contributed by atoms with Gasteiger partial charge >= 0.3 is 0 Å². The average molecular weight is 185 g/mol. The molecule has 3 heteroatoms. The van der Waals surface area contributed by atoms with Gasteiger partial charge in [0.05, 0.1) is 0 Å². The van der Waals surface area contributed by atoms with Crippen LogP contribution in [0.1, 0.15) is 37.8 Å². The summed E-state index contributed by atoms with van der Waals surface area (Å²) in [4.78, 5) is 0. The monoisotopic (exact) mass is 185 g/mol.